The molecule has 1 N–H and O–H groups in total. The monoisotopic (exact) mass is 241 g/mol. The second kappa shape index (κ2) is 4.77. The summed E-state index contributed by atoms with van der Waals surface area (Å²) in [7, 11) is 1.98. The summed E-state index contributed by atoms with van der Waals surface area (Å²) in [4.78, 5) is 0. The summed E-state index contributed by atoms with van der Waals surface area (Å²) < 4.78 is 1.15. The van der Waals surface area contributed by atoms with E-state index in [0.29, 0.717) is 5.92 Å². The molecular weight excluding hydrogens is 226 g/mol. The molecule has 1 aromatic carbocycles. The maximum Gasteiger partial charge on any atom is 0.0205 e. The number of rotatable bonds is 3. The van der Waals surface area contributed by atoms with Crippen LogP contribution in [0.5, 0.6) is 0 Å². The Hall–Kier alpha value is -0.340. The lowest BCUT2D eigenvalue weighted by Crippen LogP contribution is -2.08. The fourth-order valence-corrected chi connectivity index (χ4v) is 1.89. The molecule has 0 aliphatic rings. The molecule has 0 fully saturated rings. The quantitative estimate of drug-likeness (QED) is 0.857. The van der Waals surface area contributed by atoms with Gasteiger partial charge in [-0.15, -0.1) is 0 Å². The van der Waals surface area contributed by atoms with Crippen molar-refractivity contribution in [3.8, 4) is 0 Å². The maximum absolute atomic E-state index is 3.49. The molecule has 72 valence electrons. The number of nitrogens with one attached hydrogen (secondary N) is 1. The molecule has 1 nitrogen and oxygen atoms in total. The Morgan fingerprint density at radius 3 is 2.62 bits per heavy atom. The first-order valence-electron chi connectivity index (χ1n) is 4.58. The largest absolute Gasteiger partial charge is 0.316 e. The van der Waals surface area contributed by atoms with E-state index in [2.05, 4.69) is 53.3 Å². The van der Waals surface area contributed by atoms with E-state index in [0.717, 1.165) is 11.0 Å². The fraction of sp³-hybridized carbons (Fsp3) is 0.455. The molecule has 0 saturated carbocycles. The predicted molar refractivity (Wildman–Crippen MR) is 61.0 cm³/mol. The van der Waals surface area contributed by atoms with Crippen LogP contribution in [-0.2, 0) is 6.54 Å². The van der Waals surface area contributed by atoms with Crippen molar-refractivity contribution >= 4 is 15.9 Å². The minimum atomic E-state index is 0.594. The third-order valence-corrected chi connectivity index (χ3v) is 2.59. The molecule has 0 bridgehead atoms. The number of hydrogen-bond acceptors (Lipinski definition) is 1. The Bertz CT molecular complexity index is 281. The zero-order valence-electron chi connectivity index (χ0n) is 8.39. The molecule has 0 aliphatic heterocycles. The van der Waals surface area contributed by atoms with Crippen LogP contribution in [0.3, 0.4) is 0 Å². The molecule has 0 atom stereocenters. The first-order valence-corrected chi connectivity index (χ1v) is 5.37. The average molecular weight is 242 g/mol. The van der Waals surface area contributed by atoms with Gasteiger partial charge >= 0.3 is 0 Å². The lowest BCUT2D eigenvalue weighted by molar-refractivity contribution is 0.775. The van der Waals surface area contributed by atoms with Crippen molar-refractivity contribution < 1.29 is 0 Å². The van der Waals surface area contributed by atoms with Crippen LogP contribution in [-0.4, -0.2) is 7.05 Å². The van der Waals surface area contributed by atoms with Gasteiger partial charge < -0.3 is 5.32 Å². The van der Waals surface area contributed by atoms with Crippen molar-refractivity contribution in [2.24, 2.45) is 0 Å². The zero-order valence-corrected chi connectivity index (χ0v) is 9.98. The van der Waals surface area contributed by atoms with E-state index in [1.807, 2.05) is 7.05 Å². The molecule has 1 rings (SSSR count). The summed E-state index contributed by atoms with van der Waals surface area (Å²) in [6, 6.07) is 6.49. The predicted octanol–water partition coefficient (Wildman–Crippen LogP) is 3.29. The van der Waals surface area contributed by atoms with Gasteiger partial charge in [-0.3, -0.25) is 0 Å². The van der Waals surface area contributed by atoms with E-state index in [4.69, 9.17) is 0 Å². The highest BCUT2D eigenvalue weighted by molar-refractivity contribution is 9.10. The summed E-state index contributed by atoms with van der Waals surface area (Å²) in [5, 5.41) is 3.19. The molecule has 0 heterocycles. The fourth-order valence-electron chi connectivity index (χ4n) is 1.48. The van der Waals surface area contributed by atoms with E-state index in [1.165, 1.54) is 11.1 Å². The van der Waals surface area contributed by atoms with E-state index < -0.39 is 0 Å². The van der Waals surface area contributed by atoms with Crippen LogP contribution in [0.25, 0.3) is 0 Å². The lowest BCUT2D eigenvalue weighted by atomic mass is 9.97. The second-order valence-electron chi connectivity index (χ2n) is 3.53. The van der Waals surface area contributed by atoms with E-state index in [9.17, 15) is 0 Å². The molecule has 0 aromatic heterocycles. The highest BCUT2D eigenvalue weighted by Gasteiger charge is 2.05. The van der Waals surface area contributed by atoms with Gasteiger partial charge in [-0.1, -0.05) is 35.8 Å². The van der Waals surface area contributed by atoms with Gasteiger partial charge in [0.2, 0.25) is 0 Å². The SMILES string of the molecule is CNCc1cc(Br)ccc1C(C)C. The Kier molecular flexibility index (Phi) is 3.94. The zero-order chi connectivity index (χ0) is 9.84. The van der Waals surface area contributed by atoms with Gasteiger partial charge in [-0.05, 0) is 36.2 Å². The van der Waals surface area contributed by atoms with Gasteiger partial charge in [0.1, 0.15) is 0 Å². The van der Waals surface area contributed by atoms with Gasteiger partial charge in [-0.25, -0.2) is 0 Å². The van der Waals surface area contributed by atoms with Crippen LogP contribution in [0.4, 0.5) is 0 Å². The van der Waals surface area contributed by atoms with E-state index >= 15 is 0 Å². The number of hydrogen-bond donors (Lipinski definition) is 1. The van der Waals surface area contributed by atoms with Crippen LogP contribution in [0, 0.1) is 0 Å². The lowest BCUT2D eigenvalue weighted by Gasteiger charge is -2.12. The standard InChI is InChI=1S/C11H16BrN/c1-8(2)11-5-4-10(12)6-9(11)7-13-3/h4-6,8,13H,7H2,1-3H3. The Labute approximate surface area is 88.7 Å². The van der Waals surface area contributed by atoms with Crippen LogP contribution >= 0.6 is 15.9 Å². The summed E-state index contributed by atoms with van der Waals surface area (Å²) in [5.41, 5.74) is 2.81. The third kappa shape index (κ3) is 2.82. The highest BCUT2D eigenvalue weighted by Crippen LogP contribution is 2.23. The minimum Gasteiger partial charge on any atom is -0.316 e. The van der Waals surface area contributed by atoms with Crippen molar-refractivity contribution in [1.82, 2.24) is 5.32 Å². The van der Waals surface area contributed by atoms with Crippen molar-refractivity contribution in [2.75, 3.05) is 7.05 Å². The Morgan fingerprint density at radius 1 is 1.38 bits per heavy atom. The second-order valence-corrected chi connectivity index (χ2v) is 4.44. The molecule has 2 heteroatoms. The minimum absolute atomic E-state index is 0.594. The number of halogens is 1. The van der Waals surface area contributed by atoms with Gasteiger partial charge in [0.25, 0.3) is 0 Å². The summed E-state index contributed by atoms with van der Waals surface area (Å²) >= 11 is 3.49. The van der Waals surface area contributed by atoms with Crippen LogP contribution in [0.2, 0.25) is 0 Å². The smallest absolute Gasteiger partial charge is 0.0205 e. The topological polar surface area (TPSA) is 12.0 Å². The van der Waals surface area contributed by atoms with Crippen molar-refractivity contribution in [3.05, 3.63) is 33.8 Å². The molecular formula is C11H16BrN. The molecule has 0 unspecified atom stereocenters. The van der Waals surface area contributed by atoms with E-state index in [-0.39, 0.29) is 0 Å². The average Bonchev–Trinajstić information content (AvgIpc) is 2.04. The van der Waals surface area contributed by atoms with Crippen LogP contribution in [0.15, 0.2) is 22.7 Å². The molecule has 0 radical (unpaired) electrons. The van der Waals surface area contributed by atoms with Gasteiger partial charge in [0, 0.05) is 11.0 Å². The Morgan fingerprint density at radius 2 is 2.08 bits per heavy atom. The van der Waals surface area contributed by atoms with Crippen molar-refractivity contribution in [3.63, 3.8) is 0 Å². The molecule has 0 saturated heterocycles. The van der Waals surface area contributed by atoms with Gasteiger partial charge in [0.05, 0.1) is 0 Å². The normalized spacial score (nSPS) is 10.8. The Balaban J connectivity index is 3.03. The van der Waals surface area contributed by atoms with Crippen LogP contribution in [0.1, 0.15) is 30.9 Å². The third-order valence-electron chi connectivity index (χ3n) is 2.09. The first kappa shape index (κ1) is 10.7. The molecule has 13 heavy (non-hydrogen) atoms. The maximum atomic E-state index is 3.49. The van der Waals surface area contributed by atoms with Gasteiger partial charge in [-0.2, -0.15) is 0 Å². The molecule has 0 spiro atoms. The highest BCUT2D eigenvalue weighted by atomic mass is 79.9. The van der Waals surface area contributed by atoms with Crippen LogP contribution < -0.4 is 5.32 Å². The first-order chi connectivity index (χ1) is 6.15. The molecule has 1 aromatic rings. The van der Waals surface area contributed by atoms with Crippen molar-refractivity contribution in [1.29, 1.82) is 0 Å². The number of benzene rings is 1. The summed E-state index contributed by atoms with van der Waals surface area (Å²) in [5.74, 6) is 0.594. The molecule has 0 amide bonds. The summed E-state index contributed by atoms with van der Waals surface area (Å²) in [6.45, 7) is 5.39. The summed E-state index contributed by atoms with van der Waals surface area (Å²) in [6.07, 6.45) is 0. The molecule has 0 aliphatic carbocycles. The van der Waals surface area contributed by atoms with E-state index in [1.54, 1.807) is 0 Å². The van der Waals surface area contributed by atoms with Gasteiger partial charge in [0.15, 0.2) is 0 Å². The van der Waals surface area contributed by atoms with Crippen molar-refractivity contribution in [2.45, 2.75) is 26.3 Å².